The predicted octanol–water partition coefficient (Wildman–Crippen LogP) is 2.36. The van der Waals surface area contributed by atoms with Crippen LogP contribution in [0, 0.1) is 0 Å². The standard InChI is InChI=1S/C10H13ClO2/c1-7(12)5-6-8-3-2-4-9(11)10(8)13/h2-4,7,12-13H,5-6H2,1H3/t7-/m1/s1. The Morgan fingerprint density at radius 2 is 2.15 bits per heavy atom. The maximum atomic E-state index is 9.50. The van der Waals surface area contributed by atoms with Gasteiger partial charge in [0.25, 0.3) is 0 Å². The molecule has 0 heterocycles. The third-order valence-corrected chi connectivity index (χ3v) is 2.21. The molecule has 0 fully saturated rings. The molecule has 0 amide bonds. The lowest BCUT2D eigenvalue weighted by molar-refractivity contribution is 0.184. The molecule has 1 aromatic rings. The van der Waals surface area contributed by atoms with Crippen LogP contribution in [0.25, 0.3) is 0 Å². The normalized spacial score (nSPS) is 12.8. The molecule has 1 atom stereocenters. The van der Waals surface area contributed by atoms with E-state index in [1.165, 1.54) is 0 Å². The molecule has 1 aromatic carbocycles. The topological polar surface area (TPSA) is 40.5 Å². The van der Waals surface area contributed by atoms with Gasteiger partial charge in [-0.05, 0) is 31.4 Å². The zero-order chi connectivity index (χ0) is 9.84. The highest BCUT2D eigenvalue weighted by Crippen LogP contribution is 2.27. The van der Waals surface area contributed by atoms with Crippen LogP contribution in [0.4, 0.5) is 0 Å². The summed E-state index contributed by atoms with van der Waals surface area (Å²) in [6.45, 7) is 1.72. The van der Waals surface area contributed by atoms with E-state index in [1.54, 1.807) is 19.1 Å². The van der Waals surface area contributed by atoms with Gasteiger partial charge in [0.15, 0.2) is 0 Å². The number of rotatable bonds is 3. The van der Waals surface area contributed by atoms with Gasteiger partial charge in [0, 0.05) is 0 Å². The molecule has 0 saturated carbocycles. The van der Waals surface area contributed by atoms with Gasteiger partial charge in [-0.15, -0.1) is 0 Å². The summed E-state index contributed by atoms with van der Waals surface area (Å²) < 4.78 is 0. The van der Waals surface area contributed by atoms with Crippen LogP contribution in [0.5, 0.6) is 5.75 Å². The van der Waals surface area contributed by atoms with E-state index in [0.29, 0.717) is 17.9 Å². The molecule has 0 saturated heterocycles. The number of aliphatic hydroxyl groups is 1. The fourth-order valence-electron chi connectivity index (χ4n) is 1.13. The summed E-state index contributed by atoms with van der Waals surface area (Å²) in [7, 11) is 0. The van der Waals surface area contributed by atoms with Crippen LogP contribution in [0.1, 0.15) is 18.9 Å². The summed E-state index contributed by atoms with van der Waals surface area (Å²) in [6.07, 6.45) is 0.927. The fourth-order valence-corrected chi connectivity index (χ4v) is 1.32. The molecule has 72 valence electrons. The molecule has 0 unspecified atom stereocenters. The first-order valence-corrected chi connectivity index (χ1v) is 4.63. The lowest BCUT2D eigenvalue weighted by Crippen LogP contribution is -2.01. The number of phenols is 1. The number of aryl methyl sites for hydroxylation is 1. The van der Waals surface area contributed by atoms with Crippen molar-refractivity contribution in [3.05, 3.63) is 28.8 Å². The van der Waals surface area contributed by atoms with Crippen LogP contribution in [0.2, 0.25) is 5.02 Å². The number of hydrogen-bond donors (Lipinski definition) is 2. The Bertz CT molecular complexity index is 284. The van der Waals surface area contributed by atoms with Crippen molar-refractivity contribution in [3.63, 3.8) is 0 Å². The van der Waals surface area contributed by atoms with E-state index in [0.717, 1.165) is 5.56 Å². The molecule has 0 aliphatic rings. The Hall–Kier alpha value is -0.730. The number of para-hydroxylation sites is 1. The minimum atomic E-state index is -0.349. The Kier molecular flexibility index (Phi) is 3.58. The van der Waals surface area contributed by atoms with Crippen molar-refractivity contribution in [1.82, 2.24) is 0 Å². The Balaban J connectivity index is 2.71. The highest BCUT2D eigenvalue weighted by atomic mass is 35.5. The van der Waals surface area contributed by atoms with Gasteiger partial charge in [-0.25, -0.2) is 0 Å². The highest BCUT2D eigenvalue weighted by Gasteiger charge is 2.05. The van der Waals surface area contributed by atoms with Crippen molar-refractivity contribution in [1.29, 1.82) is 0 Å². The second-order valence-corrected chi connectivity index (χ2v) is 3.54. The number of hydrogen-bond acceptors (Lipinski definition) is 2. The number of phenolic OH excluding ortho intramolecular Hbond substituents is 1. The van der Waals surface area contributed by atoms with E-state index >= 15 is 0 Å². The maximum Gasteiger partial charge on any atom is 0.137 e. The first-order chi connectivity index (χ1) is 6.11. The first-order valence-electron chi connectivity index (χ1n) is 4.25. The van der Waals surface area contributed by atoms with Crippen LogP contribution in [-0.4, -0.2) is 16.3 Å². The molecule has 1 rings (SSSR count). The number of aliphatic hydroxyl groups excluding tert-OH is 1. The quantitative estimate of drug-likeness (QED) is 0.787. The van der Waals surface area contributed by atoms with E-state index in [1.807, 2.05) is 6.07 Å². The van der Waals surface area contributed by atoms with E-state index in [9.17, 15) is 5.11 Å². The maximum absolute atomic E-state index is 9.50. The minimum Gasteiger partial charge on any atom is -0.506 e. The lowest BCUT2D eigenvalue weighted by Gasteiger charge is -2.06. The molecule has 0 aromatic heterocycles. The Labute approximate surface area is 82.8 Å². The predicted molar refractivity (Wildman–Crippen MR) is 53.1 cm³/mol. The van der Waals surface area contributed by atoms with Crippen molar-refractivity contribution < 1.29 is 10.2 Å². The van der Waals surface area contributed by atoms with Crippen molar-refractivity contribution in [3.8, 4) is 5.75 Å². The second-order valence-electron chi connectivity index (χ2n) is 3.14. The third-order valence-electron chi connectivity index (χ3n) is 1.90. The van der Waals surface area contributed by atoms with Gasteiger partial charge in [-0.3, -0.25) is 0 Å². The summed E-state index contributed by atoms with van der Waals surface area (Å²) in [5, 5.41) is 18.9. The van der Waals surface area contributed by atoms with Crippen LogP contribution < -0.4 is 0 Å². The summed E-state index contributed by atoms with van der Waals surface area (Å²) in [5.41, 5.74) is 0.786. The SMILES string of the molecule is C[C@@H](O)CCc1cccc(Cl)c1O. The van der Waals surface area contributed by atoms with Crippen LogP contribution >= 0.6 is 11.6 Å². The summed E-state index contributed by atoms with van der Waals surface area (Å²) in [5.74, 6) is 0.129. The van der Waals surface area contributed by atoms with Crippen molar-refractivity contribution >= 4 is 11.6 Å². The zero-order valence-electron chi connectivity index (χ0n) is 7.50. The summed E-state index contributed by atoms with van der Waals surface area (Å²) in [6, 6.07) is 5.24. The Morgan fingerprint density at radius 1 is 1.46 bits per heavy atom. The number of benzene rings is 1. The highest BCUT2D eigenvalue weighted by molar-refractivity contribution is 6.32. The molecule has 13 heavy (non-hydrogen) atoms. The number of halogens is 1. The van der Waals surface area contributed by atoms with E-state index < -0.39 is 0 Å². The average Bonchev–Trinajstić information content (AvgIpc) is 2.07. The van der Waals surface area contributed by atoms with Gasteiger partial charge < -0.3 is 10.2 Å². The molecule has 0 aliphatic heterocycles. The van der Waals surface area contributed by atoms with Gasteiger partial charge in [0.05, 0.1) is 11.1 Å². The van der Waals surface area contributed by atoms with Gasteiger partial charge in [0.2, 0.25) is 0 Å². The fraction of sp³-hybridized carbons (Fsp3) is 0.400. The van der Waals surface area contributed by atoms with Crippen LogP contribution in [0.3, 0.4) is 0 Å². The Morgan fingerprint density at radius 3 is 2.77 bits per heavy atom. The number of aromatic hydroxyl groups is 1. The first kappa shape index (κ1) is 10.4. The summed E-state index contributed by atoms with van der Waals surface area (Å²) >= 11 is 5.72. The van der Waals surface area contributed by atoms with Gasteiger partial charge >= 0.3 is 0 Å². The molecule has 0 radical (unpaired) electrons. The molecule has 3 heteroatoms. The zero-order valence-corrected chi connectivity index (χ0v) is 8.25. The molecule has 2 N–H and O–H groups in total. The van der Waals surface area contributed by atoms with Gasteiger partial charge in [-0.1, -0.05) is 23.7 Å². The van der Waals surface area contributed by atoms with Crippen molar-refractivity contribution in [2.75, 3.05) is 0 Å². The van der Waals surface area contributed by atoms with E-state index in [-0.39, 0.29) is 11.9 Å². The monoisotopic (exact) mass is 200 g/mol. The van der Waals surface area contributed by atoms with Crippen LogP contribution in [-0.2, 0) is 6.42 Å². The van der Waals surface area contributed by atoms with Gasteiger partial charge in [0.1, 0.15) is 5.75 Å². The molecular weight excluding hydrogens is 188 g/mol. The molecule has 0 aliphatic carbocycles. The summed E-state index contributed by atoms with van der Waals surface area (Å²) in [4.78, 5) is 0. The van der Waals surface area contributed by atoms with E-state index in [4.69, 9.17) is 16.7 Å². The minimum absolute atomic E-state index is 0.129. The van der Waals surface area contributed by atoms with Crippen molar-refractivity contribution in [2.45, 2.75) is 25.9 Å². The average molecular weight is 201 g/mol. The van der Waals surface area contributed by atoms with Crippen LogP contribution in [0.15, 0.2) is 18.2 Å². The van der Waals surface area contributed by atoms with Gasteiger partial charge in [-0.2, -0.15) is 0 Å². The second kappa shape index (κ2) is 4.49. The molecule has 0 spiro atoms. The van der Waals surface area contributed by atoms with E-state index in [2.05, 4.69) is 0 Å². The molecule has 0 bridgehead atoms. The lowest BCUT2D eigenvalue weighted by atomic mass is 10.1. The smallest absolute Gasteiger partial charge is 0.137 e. The largest absolute Gasteiger partial charge is 0.506 e. The molecule has 2 nitrogen and oxygen atoms in total. The molecular formula is C10H13ClO2. The van der Waals surface area contributed by atoms with Crippen molar-refractivity contribution in [2.24, 2.45) is 0 Å². The third kappa shape index (κ3) is 2.90.